The van der Waals surface area contributed by atoms with Gasteiger partial charge in [-0.3, -0.25) is 4.79 Å². The van der Waals surface area contributed by atoms with Crippen molar-refractivity contribution in [3.63, 3.8) is 0 Å². The Balaban J connectivity index is 1.88. The molecule has 0 aliphatic carbocycles. The number of esters is 1. The van der Waals surface area contributed by atoms with Crippen LogP contribution in [0, 0.1) is 5.92 Å². The molecule has 2 atom stereocenters. The minimum Gasteiger partial charge on any atom is -0.466 e. The molecule has 22 heavy (non-hydrogen) atoms. The number of benzene rings is 1. The second-order valence-electron chi connectivity index (χ2n) is 5.30. The number of rotatable bonds is 4. The van der Waals surface area contributed by atoms with Crippen molar-refractivity contribution >= 4 is 12.1 Å². The fraction of sp³-hybridized carbons (Fsp3) is 0.500. The quantitative estimate of drug-likeness (QED) is 0.853. The molecule has 1 aliphatic rings. The topological polar surface area (TPSA) is 81.9 Å². The van der Waals surface area contributed by atoms with Crippen molar-refractivity contribution in [3.05, 3.63) is 35.9 Å². The Morgan fingerprint density at radius 1 is 1.27 bits per heavy atom. The summed E-state index contributed by atoms with van der Waals surface area (Å²) in [4.78, 5) is 25.5. The molecular weight excluding hydrogens is 284 g/mol. The van der Waals surface area contributed by atoms with Crippen molar-refractivity contribution < 1.29 is 19.1 Å². The van der Waals surface area contributed by atoms with Crippen LogP contribution in [-0.2, 0) is 20.9 Å². The van der Waals surface area contributed by atoms with E-state index in [1.807, 2.05) is 30.3 Å². The van der Waals surface area contributed by atoms with Crippen molar-refractivity contribution in [3.8, 4) is 0 Å². The number of ether oxygens (including phenoxy) is 2. The van der Waals surface area contributed by atoms with E-state index in [1.165, 1.54) is 4.90 Å². The number of likely N-dealkylation sites (tertiary alicyclic amines) is 1. The average Bonchev–Trinajstić information content (AvgIpc) is 2.54. The lowest BCUT2D eigenvalue weighted by atomic mass is 9.93. The van der Waals surface area contributed by atoms with E-state index in [1.54, 1.807) is 6.92 Å². The van der Waals surface area contributed by atoms with Crippen LogP contribution in [0.3, 0.4) is 0 Å². The standard InChI is InChI=1S/C16H22N2O4/c1-2-21-15(19)13-10-18(9-8-14(13)17)16(20)22-11-12-6-4-3-5-7-12/h3-7,13-14H,2,8-11,17H2,1H3. The highest BCUT2D eigenvalue weighted by Crippen LogP contribution is 2.18. The molecule has 0 aromatic heterocycles. The molecule has 2 N–H and O–H groups in total. The smallest absolute Gasteiger partial charge is 0.410 e. The molecule has 1 saturated heterocycles. The molecule has 120 valence electrons. The lowest BCUT2D eigenvalue weighted by Crippen LogP contribution is -2.52. The largest absolute Gasteiger partial charge is 0.466 e. The van der Waals surface area contributed by atoms with Gasteiger partial charge in [-0.25, -0.2) is 4.79 Å². The van der Waals surface area contributed by atoms with E-state index in [-0.39, 0.29) is 25.2 Å². The van der Waals surface area contributed by atoms with Crippen molar-refractivity contribution in [2.24, 2.45) is 11.7 Å². The monoisotopic (exact) mass is 306 g/mol. The molecule has 1 aromatic carbocycles. The van der Waals surface area contributed by atoms with Gasteiger partial charge < -0.3 is 20.1 Å². The number of carbonyl (C=O) groups is 2. The van der Waals surface area contributed by atoms with Crippen LogP contribution in [0.25, 0.3) is 0 Å². The summed E-state index contributed by atoms with van der Waals surface area (Å²) in [6.45, 7) is 3.00. The predicted molar refractivity (Wildman–Crippen MR) is 80.9 cm³/mol. The summed E-state index contributed by atoms with van der Waals surface area (Å²) in [6, 6.07) is 9.18. The van der Waals surface area contributed by atoms with E-state index in [2.05, 4.69) is 0 Å². The maximum absolute atomic E-state index is 12.1. The van der Waals surface area contributed by atoms with Crippen molar-refractivity contribution in [1.82, 2.24) is 4.90 Å². The van der Waals surface area contributed by atoms with Gasteiger partial charge in [0.15, 0.2) is 0 Å². The van der Waals surface area contributed by atoms with Gasteiger partial charge in [0, 0.05) is 19.1 Å². The van der Waals surface area contributed by atoms with Gasteiger partial charge in [0.25, 0.3) is 0 Å². The van der Waals surface area contributed by atoms with Gasteiger partial charge in [-0.2, -0.15) is 0 Å². The molecule has 6 nitrogen and oxygen atoms in total. The van der Waals surface area contributed by atoms with Gasteiger partial charge in [-0.1, -0.05) is 30.3 Å². The van der Waals surface area contributed by atoms with Gasteiger partial charge in [-0.05, 0) is 18.9 Å². The first-order valence-corrected chi connectivity index (χ1v) is 7.49. The summed E-state index contributed by atoms with van der Waals surface area (Å²) in [5.41, 5.74) is 6.88. The number of piperidine rings is 1. The van der Waals surface area contributed by atoms with Gasteiger partial charge >= 0.3 is 12.1 Å². The molecule has 0 bridgehead atoms. The molecule has 0 radical (unpaired) electrons. The molecule has 2 rings (SSSR count). The van der Waals surface area contributed by atoms with Crippen LogP contribution in [0.1, 0.15) is 18.9 Å². The summed E-state index contributed by atoms with van der Waals surface area (Å²) in [6.07, 6.45) is 0.134. The Labute approximate surface area is 130 Å². The zero-order valence-electron chi connectivity index (χ0n) is 12.7. The third-order valence-corrected chi connectivity index (χ3v) is 3.72. The summed E-state index contributed by atoms with van der Waals surface area (Å²) >= 11 is 0. The summed E-state index contributed by atoms with van der Waals surface area (Å²) < 4.78 is 10.3. The molecule has 0 spiro atoms. The highest BCUT2D eigenvalue weighted by atomic mass is 16.6. The number of hydrogen-bond acceptors (Lipinski definition) is 5. The van der Waals surface area contributed by atoms with Crippen LogP contribution in [0.4, 0.5) is 4.79 Å². The van der Waals surface area contributed by atoms with Gasteiger partial charge in [0.05, 0.1) is 12.5 Å². The second-order valence-corrected chi connectivity index (χ2v) is 5.30. The van der Waals surface area contributed by atoms with E-state index in [9.17, 15) is 9.59 Å². The summed E-state index contributed by atoms with van der Waals surface area (Å²) in [5.74, 6) is -0.839. The first-order valence-electron chi connectivity index (χ1n) is 7.49. The van der Waals surface area contributed by atoms with Gasteiger partial charge in [0.1, 0.15) is 6.61 Å². The van der Waals surface area contributed by atoms with Crippen molar-refractivity contribution in [2.75, 3.05) is 19.7 Å². The van der Waals surface area contributed by atoms with Crippen molar-refractivity contribution in [2.45, 2.75) is 26.0 Å². The molecule has 1 aromatic rings. The number of hydrogen-bond donors (Lipinski definition) is 1. The van der Waals surface area contributed by atoms with Crippen LogP contribution < -0.4 is 5.73 Å². The molecule has 0 saturated carbocycles. The molecule has 1 aliphatic heterocycles. The Kier molecular flexibility index (Phi) is 5.77. The number of nitrogens with two attached hydrogens (primary N) is 1. The fourth-order valence-corrected chi connectivity index (χ4v) is 2.45. The molecule has 1 heterocycles. The van der Waals surface area contributed by atoms with Crippen LogP contribution in [0.15, 0.2) is 30.3 Å². The van der Waals surface area contributed by atoms with Crippen LogP contribution in [-0.4, -0.2) is 42.7 Å². The zero-order chi connectivity index (χ0) is 15.9. The lowest BCUT2D eigenvalue weighted by Gasteiger charge is -2.34. The van der Waals surface area contributed by atoms with E-state index < -0.39 is 12.0 Å². The molecule has 1 amide bonds. The minimum atomic E-state index is -0.488. The Bertz CT molecular complexity index is 506. The van der Waals surface area contributed by atoms with Crippen molar-refractivity contribution in [1.29, 1.82) is 0 Å². The molecule has 2 unspecified atom stereocenters. The summed E-state index contributed by atoms with van der Waals surface area (Å²) in [7, 11) is 0. The van der Waals surface area contributed by atoms with Gasteiger partial charge in [0.2, 0.25) is 0 Å². The number of carbonyl (C=O) groups excluding carboxylic acids is 2. The first-order chi connectivity index (χ1) is 10.6. The van der Waals surface area contributed by atoms with Gasteiger partial charge in [-0.15, -0.1) is 0 Å². The maximum atomic E-state index is 12.1. The lowest BCUT2D eigenvalue weighted by molar-refractivity contribution is -0.150. The SMILES string of the molecule is CCOC(=O)C1CN(C(=O)OCc2ccccc2)CCC1N. The molecule has 1 fully saturated rings. The molecule has 6 heteroatoms. The Morgan fingerprint density at radius 2 is 2.00 bits per heavy atom. The van der Waals surface area contributed by atoms with E-state index in [4.69, 9.17) is 15.2 Å². The van der Waals surface area contributed by atoms with E-state index in [0.717, 1.165) is 5.56 Å². The minimum absolute atomic E-state index is 0.215. The zero-order valence-corrected chi connectivity index (χ0v) is 12.7. The van der Waals surface area contributed by atoms with Crippen LogP contribution in [0.5, 0.6) is 0 Å². The van der Waals surface area contributed by atoms with Crippen LogP contribution >= 0.6 is 0 Å². The fourth-order valence-electron chi connectivity index (χ4n) is 2.45. The normalized spacial score (nSPS) is 21.3. The highest BCUT2D eigenvalue weighted by molar-refractivity contribution is 5.75. The number of amides is 1. The maximum Gasteiger partial charge on any atom is 0.410 e. The summed E-state index contributed by atoms with van der Waals surface area (Å²) in [5, 5.41) is 0. The average molecular weight is 306 g/mol. The second kappa shape index (κ2) is 7.79. The van der Waals surface area contributed by atoms with E-state index >= 15 is 0 Å². The number of nitrogens with zero attached hydrogens (tertiary/aromatic N) is 1. The van der Waals surface area contributed by atoms with E-state index in [0.29, 0.717) is 19.6 Å². The molecular formula is C16H22N2O4. The van der Waals surface area contributed by atoms with Crippen LogP contribution in [0.2, 0.25) is 0 Å². The highest BCUT2D eigenvalue weighted by Gasteiger charge is 2.35. The Morgan fingerprint density at radius 3 is 2.68 bits per heavy atom. The third kappa shape index (κ3) is 4.21. The Hall–Kier alpha value is -2.08. The first kappa shape index (κ1) is 16.3. The third-order valence-electron chi connectivity index (χ3n) is 3.72. The predicted octanol–water partition coefficient (Wildman–Crippen LogP) is 1.54.